The van der Waals surface area contributed by atoms with Crippen LogP contribution in [0.3, 0.4) is 0 Å². The van der Waals surface area contributed by atoms with Crippen LogP contribution in [0.5, 0.6) is 0 Å². The van der Waals surface area contributed by atoms with E-state index in [1.54, 1.807) is 24.3 Å². The molecule has 0 spiro atoms. The van der Waals surface area contributed by atoms with Crippen molar-refractivity contribution in [2.75, 3.05) is 32.5 Å². The van der Waals surface area contributed by atoms with E-state index in [0.29, 0.717) is 11.4 Å². The lowest BCUT2D eigenvalue weighted by Crippen LogP contribution is -2.26. The molecule has 0 saturated carbocycles. The van der Waals surface area contributed by atoms with Gasteiger partial charge in [-0.25, -0.2) is 8.42 Å². The minimum Gasteiger partial charge on any atom is -0.396 e. The quantitative estimate of drug-likeness (QED) is 0.684. The van der Waals surface area contributed by atoms with Crippen LogP contribution in [-0.2, 0) is 9.84 Å². The van der Waals surface area contributed by atoms with Crippen LogP contribution in [0, 0.1) is 0 Å². The number of aliphatic hydroxyl groups excluding tert-OH is 1. The van der Waals surface area contributed by atoms with Crippen molar-refractivity contribution >= 4 is 25.8 Å². The van der Waals surface area contributed by atoms with Crippen LogP contribution in [0.15, 0.2) is 33.6 Å². The third-order valence-corrected chi connectivity index (χ3v) is 5.35. The number of rotatable bonds is 9. The van der Waals surface area contributed by atoms with E-state index < -0.39 is 9.84 Å². The zero-order valence-corrected chi connectivity index (χ0v) is 14.2. The molecule has 0 radical (unpaired) electrons. The molecule has 0 aliphatic carbocycles. The molecule has 0 aliphatic heterocycles. The normalized spacial score (nSPS) is 12.0. The average Bonchev–Trinajstić information content (AvgIpc) is 2.42. The molecule has 20 heavy (non-hydrogen) atoms. The molecule has 1 rings (SSSR count). The summed E-state index contributed by atoms with van der Waals surface area (Å²) < 4.78 is 25.2. The monoisotopic (exact) mass is 363 g/mol. The number of hydrogen-bond acceptors (Lipinski definition) is 4. The fraction of sp³-hybridized carbons (Fsp3) is 0.571. The van der Waals surface area contributed by atoms with Crippen LogP contribution in [-0.4, -0.2) is 50.9 Å². The average molecular weight is 364 g/mol. The van der Waals surface area contributed by atoms with Crippen molar-refractivity contribution in [3.8, 4) is 0 Å². The van der Waals surface area contributed by atoms with Gasteiger partial charge in [-0.3, -0.25) is 0 Å². The fourth-order valence-corrected chi connectivity index (χ4v) is 3.42. The van der Waals surface area contributed by atoms with E-state index in [1.165, 1.54) is 0 Å². The molecule has 0 aromatic heterocycles. The summed E-state index contributed by atoms with van der Waals surface area (Å²) in [6.07, 6.45) is 2.76. The fourth-order valence-electron chi connectivity index (χ4n) is 1.82. The molecule has 0 bridgehead atoms. The number of sulfone groups is 1. The minimum atomic E-state index is -3.21. The Kier molecular flexibility index (Phi) is 7.72. The summed E-state index contributed by atoms with van der Waals surface area (Å²) in [6.45, 7) is 1.61. The highest BCUT2D eigenvalue weighted by Gasteiger charge is 2.14. The maximum absolute atomic E-state index is 12.1. The number of unbranched alkanes of at least 4 members (excludes halogenated alkanes) is 2. The SMILES string of the molecule is CN(CCCCCO)CCS(=O)(=O)c1ccc(Br)cc1. The molecule has 0 heterocycles. The lowest BCUT2D eigenvalue weighted by molar-refractivity contribution is 0.275. The van der Waals surface area contributed by atoms with Crippen molar-refractivity contribution in [3.63, 3.8) is 0 Å². The van der Waals surface area contributed by atoms with Crippen molar-refractivity contribution in [1.82, 2.24) is 4.90 Å². The second kappa shape index (κ2) is 8.77. The van der Waals surface area contributed by atoms with Crippen molar-refractivity contribution in [2.45, 2.75) is 24.2 Å². The highest BCUT2D eigenvalue weighted by atomic mass is 79.9. The largest absolute Gasteiger partial charge is 0.396 e. The molecule has 0 atom stereocenters. The first-order valence-corrected chi connectivity index (χ1v) is 9.18. The van der Waals surface area contributed by atoms with Gasteiger partial charge >= 0.3 is 0 Å². The summed E-state index contributed by atoms with van der Waals surface area (Å²) in [5.74, 6) is 0.130. The minimum absolute atomic E-state index is 0.130. The van der Waals surface area contributed by atoms with Crippen LogP contribution >= 0.6 is 15.9 Å². The van der Waals surface area contributed by atoms with Gasteiger partial charge < -0.3 is 10.0 Å². The van der Waals surface area contributed by atoms with Gasteiger partial charge in [0.25, 0.3) is 0 Å². The molecular formula is C14H22BrNO3S. The van der Waals surface area contributed by atoms with Gasteiger partial charge in [-0.2, -0.15) is 0 Å². The van der Waals surface area contributed by atoms with Crippen molar-refractivity contribution in [2.24, 2.45) is 0 Å². The highest BCUT2D eigenvalue weighted by molar-refractivity contribution is 9.10. The van der Waals surface area contributed by atoms with Gasteiger partial charge in [-0.15, -0.1) is 0 Å². The first-order valence-electron chi connectivity index (χ1n) is 6.73. The summed E-state index contributed by atoms with van der Waals surface area (Å²) in [5, 5.41) is 8.69. The lowest BCUT2D eigenvalue weighted by atomic mass is 10.2. The lowest BCUT2D eigenvalue weighted by Gasteiger charge is -2.16. The zero-order chi connectivity index (χ0) is 15.0. The van der Waals surface area contributed by atoms with Crippen LogP contribution < -0.4 is 0 Å². The molecular weight excluding hydrogens is 342 g/mol. The second-order valence-electron chi connectivity index (χ2n) is 4.86. The van der Waals surface area contributed by atoms with Crippen LogP contribution in [0.2, 0.25) is 0 Å². The number of hydrogen-bond donors (Lipinski definition) is 1. The topological polar surface area (TPSA) is 57.6 Å². The van der Waals surface area contributed by atoms with E-state index in [2.05, 4.69) is 15.9 Å². The van der Waals surface area contributed by atoms with E-state index in [9.17, 15) is 8.42 Å². The third kappa shape index (κ3) is 6.35. The van der Waals surface area contributed by atoms with Gasteiger partial charge in [0, 0.05) is 17.6 Å². The second-order valence-corrected chi connectivity index (χ2v) is 7.89. The number of benzene rings is 1. The molecule has 114 valence electrons. The molecule has 0 aliphatic rings. The van der Waals surface area contributed by atoms with E-state index >= 15 is 0 Å². The molecule has 0 amide bonds. The van der Waals surface area contributed by atoms with Gasteiger partial charge in [0.2, 0.25) is 0 Å². The Morgan fingerprint density at radius 2 is 1.75 bits per heavy atom. The third-order valence-electron chi connectivity index (χ3n) is 3.11. The predicted molar refractivity (Wildman–Crippen MR) is 84.6 cm³/mol. The van der Waals surface area contributed by atoms with Gasteiger partial charge in [0.1, 0.15) is 0 Å². The van der Waals surface area contributed by atoms with E-state index in [0.717, 1.165) is 30.3 Å². The van der Waals surface area contributed by atoms with Gasteiger partial charge in [0.15, 0.2) is 9.84 Å². The molecule has 0 fully saturated rings. The van der Waals surface area contributed by atoms with Gasteiger partial charge in [0.05, 0.1) is 10.6 Å². The Morgan fingerprint density at radius 1 is 1.10 bits per heavy atom. The maximum atomic E-state index is 12.1. The summed E-state index contributed by atoms with van der Waals surface area (Å²) in [5.41, 5.74) is 0. The van der Waals surface area contributed by atoms with Crippen molar-refractivity contribution in [1.29, 1.82) is 0 Å². The summed E-state index contributed by atoms with van der Waals surface area (Å²) in [6, 6.07) is 6.73. The molecule has 4 nitrogen and oxygen atoms in total. The highest BCUT2D eigenvalue weighted by Crippen LogP contribution is 2.16. The van der Waals surface area contributed by atoms with Gasteiger partial charge in [-0.1, -0.05) is 15.9 Å². The first kappa shape index (κ1) is 17.6. The maximum Gasteiger partial charge on any atom is 0.179 e. The Hall–Kier alpha value is -0.430. The Morgan fingerprint density at radius 3 is 2.35 bits per heavy atom. The zero-order valence-electron chi connectivity index (χ0n) is 11.8. The predicted octanol–water partition coefficient (Wildman–Crippen LogP) is 2.32. The number of aliphatic hydroxyl groups is 1. The number of halogens is 1. The first-order chi connectivity index (χ1) is 9.45. The Labute approximate surface area is 129 Å². The number of nitrogens with zero attached hydrogens (tertiary/aromatic N) is 1. The van der Waals surface area contributed by atoms with Crippen LogP contribution in [0.4, 0.5) is 0 Å². The molecule has 1 N–H and O–H groups in total. The molecule has 0 unspecified atom stereocenters. The summed E-state index contributed by atoms with van der Waals surface area (Å²) in [4.78, 5) is 2.39. The van der Waals surface area contributed by atoms with E-state index in [-0.39, 0.29) is 12.4 Å². The molecule has 0 saturated heterocycles. The van der Waals surface area contributed by atoms with Gasteiger partial charge in [-0.05, 0) is 57.1 Å². The standard InChI is InChI=1S/C14H22BrNO3S/c1-16(9-3-2-4-11-17)10-12-20(18,19)14-7-5-13(15)6-8-14/h5-8,17H,2-4,9-12H2,1H3. The Balaban J connectivity index is 2.41. The van der Waals surface area contributed by atoms with Crippen molar-refractivity contribution < 1.29 is 13.5 Å². The Bertz CT molecular complexity index is 488. The van der Waals surface area contributed by atoms with E-state index in [1.807, 2.05) is 11.9 Å². The smallest absolute Gasteiger partial charge is 0.179 e. The molecule has 6 heteroatoms. The summed E-state index contributed by atoms with van der Waals surface area (Å²) in [7, 11) is -1.28. The van der Waals surface area contributed by atoms with E-state index in [4.69, 9.17) is 5.11 Å². The van der Waals surface area contributed by atoms with Crippen molar-refractivity contribution in [3.05, 3.63) is 28.7 Å². The molecule has 1 aromatic carbocycles. The summed E-state index contributed by atoms with van der Waals surface area (Å²) >= 11 is 3.29. The van der Waals surface area contributed by atoms with Crippen LogP contribution in [0.25, 0.3) is 0 Å². The molecule has 1 aromatic rings. The van der Waals surface area contributed by atoms with Crippen LogP contribution in [0.1, 0.15) is 19.3 Å².